The zero-order chi connectivity index (χ0) is 9.94. The minimum absolute atomic E-state index is 0.637. The number of rotatable bonds is 9. The van der Waals surface area contributed by atoms with Gasteiger partial charge < -0.3 is 10.1 Å². The molecule has 1 atom stereocenters. The van der Waals surface area contributed by atoms with Crippen LogP contribution in [0.15, 0.2) is 12.7 Å². The molecule has 0 bridgehead atoms. The van der Waals surface area contributed by atoms with Crippen LogP contribution in [0, 0.1) is 0 Å². The molecule has 0 spiro atoms. The minimum atomic E-state index is 0.637. The van der Waals surface area contributed by atoms with E-state index in [9.17, 15) is 0 Å². The molecule has 0 radical (unpaired) electrons. The maximum absolute atomic E-state index is 5.03. The Labute approximate surface area is 82.4 Å². The van der Waals surface area contributed by atoms with E-state index in [1.165, 1.54) is 12.8 Å². The predicted octanol–water partition coefficient (Wildman–Crippen LogP) is 2.36. The Bertz CT molecular complexity index is 115. The van der Waals surface area contributed by atoms with Crippen LogP contribution in [0.3, 0.4) is 0 Å². The van der Waals surface area contributed by atoms with Gasteiger partial charge >= 0.3 is 0 Å². The van der Waals surface area contributed by atoms with Crippen LogP contribution in [-0.2, 0) is 4.74 Å². The molecule has 0 saturated heterocycles. The molecule has 0 aliphatic carbocycles. The lowest BCUT2D eigenvalue weighted by atomic mass is 10.1. The van der Waals surface area contributed by atoms with Gasteiger partial charge in [0, 0.05) is 19.8 Å². The van der Waals surface area contributed by atoms with Crippen molar-refractivity contribution in [2.45, 2.75) is 38.6 Å². The van der Waals surface area contributed by atoms with Gasteiger partial charge in [0.1, 0.15) is 0 Å². The van der Waals surface area contributed by atoms with E-state index in [-0.39, 0.29) is 0 Å². The van der Waals surface area contributed by atoms with E-state index in [1.807, 2.05) is 6.08 Å². The van der Waals surface area contributed by atoms with Crippen molar-refractivity contribution in [3.63, 3.8) is 0 Å². The standard InChI is InChI=1S/C11H23NO/c1-4-6-8-11(12-5-2)9-7-10-13-3/h4,11-12H,1,5-10H2,2-3H3. The molecule has 1 N–H and O–H groups in total. The van der Waals surface area contributed by atoms with Gasteiger partial charge in [0.25, 0.3) is 0 Å². The summed E-state index contributed by atoms with van der Waals surface area (Å²) in [6, 6.07) is 0.637. The van der Waals surface area contributed by atoms with E-state index in [0.29, 0.717) is 6.04 Å². The molecule has 0 heterocycles. The van der Waals surface area contributed by atoms with Crippen molar-refractivity contribution in [2.24, 2.45) is 0 Å². The van der Waals surface area contributed by atoms with Crippen molar-refractivity contribution in [2.75, 3.05) is 20.3 Å². The smallest absolute Gasteiger partial charge is 0.0462 e. The highest BCUT2D eigenvalue weighted by Gasteiger charge is 2.04. The number of hydrogen-bond donors (Lipinski definition) is 1. The molecule has 2 nitrogen and oxygen atoms in total. The highest BCUT2D eigenvalue weighted by Crippen LogP contribution is 2.05. The summed E-state index contributed by atoms with van der Waals surface area (Å²) in [6.07, 6.45) is 6.63. The Morgan fingerprint density at radius 1 is 1.46 bits per heavy atom. The zero-order valence-corrected chi connectivity index (χ0v) is 9.01. The van der Waals surface area contributed by atoms with Crippen LogP contribution in [0.1, 0.15) is 32.6 Å². The number of methoxy groups -OCH3 is 1. The molecule has 78 valence electrons. The summed E-state index contributed by atoms with van der Waals surface area (Å²) in [6.45, 7) is 7.81. The van der Waals surface area contributed by atoms with E-state index in [0.717, 1.165) is 26.0 Å². The second-order valence-corrected chi connectivity index (χ2v) is 3.26. The van der Waals surface area contributed by atoms with E-state index in [4.69, 9.17) is 4.74 Å². The molecule has 0 aliphatic heterocycles. The van der Waals surface area contributed by atoms with Crippen molar-refractivity contribution in [1.82, 2.24) is 5.32 Å². The first-order valence-electron chi connectivity index (χ1n) is 5.18. The molecular weight excluding hydrogens is 162 g/mol. The molecule has 1 unspecified atom stereocenters. The molecular formula is C11H23NO. The monoisotopic (exact) mass is 185 g/mol. The average molecular weight is 185 g/mol. The molecule has 0 amide bonds. The van der Waals surface area contributed by atoms with Gasteiger partial charge in [0.15, 0.2) is 0 Å². The summed E-state index contributed by atoms with van der Waals surface area (Å²) in [5.74, 6) is 0. The van der Waals surface area contributed by atoms with Gasteiger partial charge in [-0.2, -0.15) is 0 Å². The SMILES string of the molecule is C=CCCC(CCCOC)NCC. The predicted molar refractivity (Wildman–Crippen MR) is 58.0 cm³/mol. The van der Waals surface area contributed by atoms with Gasteiger partial charge in [0.05, 0.1) is 0 Å². The fourth-order valence-electron chi connectivity index (χ4n) is 1.43. The summed E-state index contributed by atoms with van der Waals surface area (Å²) < 4.78 is 5.03. The summed E-state index contributed by atoms with van der Waals surface area (Å²) in [5.41, 5.74) is 0. The van der Waals surface area contributed by atoms with Gasteiger partial charge in [-0.1, -0.05) is 13.0 Å². The maximum Gasteiger partial charge on any atom is 0.0462 e. The summed E-state index contributed by atoms with van der Waals surface area (Å²) in [7, 11) is 1.76. The molecule has 0 aromatic rings. The summed E-state index contributed by atoms with van der Waals surface area (Å²) >= 11 is 0. The van der Waals surface area contributed by atoms with Crippen LogP contribution < -0.4 is 5.32 Å². The van der Waals surface area contributed by atoms with Crippen LogP contribution >= 0.6 is 0 Å². The highest BCUT2D eigenvalue weighted by atomic mass is 16.5. The molecule has 0 aliphatic rings. The minimum Gasteiger partial charge on any atom is -0.385 e. The second kappa shape index (κ2) is 9.75. The lowest BCUT2D eigenvalue weighted by Gasteiger charge is -2.16. The molecule has 13 heavy (non-hydrogen) atoms. The quantitative estimate of drug-likeness (QED) is 0.440. The highest BCUT2D eigenvalue weighted by molar-refractivity contribution is 4.73. The van der Waals surface area contributed by atoms with Crippen LogP contribution in [-0.4, -0.2) is 26.3 Å². The fraction of sp³-hybridized carbons (Fsp3) is 0.818. The first-order chi connectivity index (χ1) is 6.35. The second-order valence-electron chi connectivity index (χ2n) is 3.26. The molecule has 0 aromatic heterocycles. The molecule has 0 rings (SSSR count). The Morgan fingerprint density at radius 3 is 2.77 bits per heavy atom. The normalized spacial score (nSPS) is 12.8. The lowest BCUT2D eigenvalue weighted by molar-refractivity contribution is 0.188. The van der Waals surface area contributed by atoms with Gasteiger partial charge in [-0.15, -0.1) is 6.58 Å². The summed E-state index contributed by atoms with van der Waals surface area (Å²) in [4.78, 5) is 0. The zero-order valence-electron chi connectivity index (χ0n) is 9.01. The molecule has 0 saturated carbocycles. The van der Waals surface area contributed by atoms with Crippen molar-refractivity contribution < 1.29 is 4.74 Å². The van der Waals surface area contributed by atoms with Crippen molar-refractivity contribution >= 4 is 0 Å². The van der Waals surface area contributed by atoms with Crippen LogP contribution in [0.2, 0.25) is 0 Å². The van der Waals surface area contributed by atoms with Gasteiger partial charge in [0.2, 0.25) is 0 Å². The number of ether oxygens (including phenoxy) is 1. The fourth-order valence-corrected chi connectivity index (χ4v) is 1.43. The van der Waals surface area contributed by atoms with Gasteiger partial charge in [-0.05, 0) is 32.2 Å². The molecule has 0 aromatic carbocycles. The third-order valence-electron chi connectivity index (χ3n) is 2.11. The number of nitrogens with one attached hydrogen (secondary N) is 1. The Balaban J connectivity index is 3.46. The van der Waals surface area contributed by atoms with Crippen LogP contribution in [0.25, 0.3) is 0 Å². The van der Waals surface area contributed by atoms with Crippen LogP contribution in [0.4, 0.5) is 0 Å². The Hall–Kier alpha value is -0.340. The average Bonchev–Trinajstić information content (AvgIpc) is 2.14. The number of hydrogen-bond acceptors (Lipinski definition) is 2. The Kier molecular flexibility index (Phi) is 9.49. The van der Waals surface area contributed by atoms with Gasteiger partial charge in [-0.3, -0.25) is 0 Å². The largest absolute Gasteiger partial charge is 0.385 e. The van der Waals surface area contributed by atoms with E-state index >= 15 is 0 Å². The first-order valence-corrected chi connectivity index (χ1v) is 5.18. The van der Waals surface area contributed by atoms with E-state index in [2.05, 4.69) is 18.8 Å². The summed E-state index contributed by atoms with van der Waals surface area (Å²) in [5, 5.41) is 3.47. The van der Waals surface area contributed by atoms with Crippen LogP contribution in [0.5, 0.6) is 0 Å². The van der Waals surface area contributed by atoms with Crippen molar-refractivity contribution in [1.29, 1.82) is 0 Å². The van der Waals surface area contributed by atoms with Crippen molar-refractivity contribution in [3.05, 3.63) is 12.7 Å². The third-order valence-corrected chi connectivity index (χ3v) is 2.11. The molecule has 0 fully saturated rings. The first kappa shape index (κ1) is 12.7. The van der Waals surface area contributed by atoms with Crippen molar-refractivity contribution in [3.8, 4) is 0 Å². The van der Waals surface area contributed by atoms with Gasteiger partial charge in [-0.25, -0.2) is 0 Å². The van der Waals surface area contributed by atoms with E-state index < -0.39 is 0 Å². The Morgan fingerprint density at radius 2 is 2.23 bits per heavy atom. The maximum atomic E-state index is 5.03. The van der Waals surface area contributed by atoms with E-state index in [1.54, 1.807) is 7.11 Å². The number of allylic oxidation sites excluding steroid dienone is 1. The lowest BCUT2D eigenvalue weighted by Crippen LogP contribution is -2.28. The third kappa shape index (κ3) is 8.00. The topological polar surface area (TPSA) is 21.3 Å². The molecule has 2 heteroatoms.